The van der Waals surface area contributed by atoms with Gasteiger partial charge < -0.3 is 25.6 Å². The van der Waals surface area contributed by atoms with Gasteiger partial charge in [0.25, 0.3) is 0 Å². The molecule has 1 aliphatic carbocycles. The second kappa shape index (κ2) is 15.4. The summed E-state index contributed by atoms with van der Waals surface area (Å²) in [6.07, 6.45) is 8.59. The van der Waals surface area contributed by atoms with Crippen molar-refractivity contribution in [3.05, 3.63) is 29.8 Å². The topological polar surface area (TPSA) is 103 Å². The van der Waals surface area contributed by atoms with Crippen LogP contribution in [0.15, 0.2) is 24.3 Å². The van der Waals surface area contributed by atoms with E-state index in [9.17, 15) is 14.4 Å². The predicted molar refractivity (Wildman–Crippen MR) is 164 cm³/mol. The number of hydrogen-bond acceptors (Lipinski definition) is 6. The molecule has 3 amide bonds. The fraction of sp³-hybridized carbons (Fsp3) is 0.700. The maximum atomic E-state index is 14.4. The molecule has 3 N–H and O–H groups in total. The van der Waals surface area contributed by atoms with Crippen LogP contribution in [0.5, 0.6) is 5.75 Å². The molecule has 41 heavy (non-hydrogen) atoms. The summed E-state index contributed by atoms with van der Waals surface area (Å²) in [7, 11) is 1.78. The number of carbonyl (C=O) groups is 3. The van der Waals surface area contributed by atoms with Gasteiger partial charge in [0.1, 0.15) is 17.8 Å². The average molecular weight is 613 g/mol. The minimum absolute atomic E-state index is 0. The van der Waals surface area contributed by atoms with Crippen molar-refractivity contribution in [3.63, 3.8) is 0 Å². The summed E-state index contributed by atoms with van der Waals surface area (Å²) in [5.41, 5.74) is 0.981. The average Bonchev–Trinajstić information content (AvgIpc) is 3.44. The van der Waals surface area contributed by atoms with E-state index in [4.69, 9.17) is 4.74 Å². The number of likely N-dealkylation sites (N-methyl/N-ethyl adjacent to an activating group) is 1. The monoisotopic (exact) mass is 611 g/mol. The van der Waals surface area contributed by atoms with Crippen LogP contribution in [0.4, 0.5) is 0 Å². The molecule has 1 saturated carbocycles. The number of ether oxygens (including phenoxy) is 1. The molecule has 0 spiro atoms. The minimum atomic E-state index is -0.604. The molecule has 3 fully saturated rings. The van der Waals surface area contributed by atoms with E-state index in [0.29, 0.717) is 32.5 Å². The van der Waals surface area contributed by atoms with Crippen LogP contribution < -0.4 is 20.7 Å². The number of nitrogens with one attached hydrogen (secondary N) is 3. The maximum Gasteiger partial charge on any atom is 0.246 e. The van der Waals surface area contributed by atoms with Crippen molar-refractivity contribution in [3.8, 4) is 5.75 Å². The van der Waals surface area contributed by atoms with Gasteiger partial charge in [-0.1, -0.05) is 44.4 Å². The van der Waals surface area contributed by atoms with Gasteiger partial charge in [-0.15, -0.1) is 24.8 Å². The van der Waals surface area contributed by atoms with Crippen LogP contribution in [-0.4, -0.2) is 85.0 Å². The molecule has 5 atom stereocenters. The molecule has 0 bridgehead atoms. The number of para-hydroxylation sites is 1. The zero-order valence-electron chi connectivity index (χ0n) is 24.3. The van der Waals surface area contributed by atoms with Crippen molar-refractivity contribution >= 4 is 42.5 Å². The lowest BCUT2D eigenvalue weighted by atomic mass is 9.82. The van der Waals surface area contributed by atoms with Crippen LogP contribution >= 0.6 is 24.8 Å². The number of nitrogens with zero attached hydrogens (tertiary/aromatic N) is 2. The van der Waals surface area contributed by atoms with E-state index in [1.807, 2.05) is 36.1 Å². The third-order valence-corrected chi connectivity index (χ3v) is 9.31. The molecule has 3 aliphatic heterocycles. The first kappa shape index (κ1) is 33.4. The lowest BCUT2D eigenvalue weighted by Crippen LogP contribution is -2.66. The van der Waals surface area contributed by atoms with Crippen LogP contribution in [0.1, 0.15) is 76.3 Å². The SMILES string of the molecule is CC[C@H](NC)C(=O)N[C@H](C(=O)N1C[C@H]2CCCN2CC1C(=O)N[C@@H]1CCOc2ccccc21)C1CCCCC1.Cl.Cl. The highest BCUT2D eigenvalue weighted by Crippen LogP contribution is 2.33. The third kappa shape index (κ3) is 7.48. The minimum Gasteiger partial charge on any atom is -0.493 e. The number of halogens is 2. The maximum absolute atomic E-state index is 14.4. The Hall–Kier alpha value is -2.07. The van der Waals surface area contributed by atoms with Crippen molar-refractivity contribution < 1.29 is 19.1 Å². The van der Waals surface area contributed by atoms with Gasteiger partial charge in [0.15, 0.2) is 0 Å². The molecule has 1 aromatic carbocycles. The molecule has 0 aromatic heterocycles. The number of benzene rings is 1. The number of amides is 3. The van der Waals surface area contributed by atoms with Crippen LogP contribution in [-0.2, 0) is 14.4 Å². The number of piperazine rings is 1. The summed E-state index contributed by atoms with van der Waals surface area (Å²) in [5.74, 6) is 0.548. The molecule has 4 aliphatic rings. The third-order valence-electron chi connectivity index (χ3n) is 9.31. The van der Waals surface area contributed by atoms with Crippen molar-refractivity contribution in [2.75, 3.05) is 33.3 Å². The zero-order chi connectivity index (χ0) is 27.4. The van der Waals surface area contributed by atoms with Crippen molar-refractivity contribution in [1.29, 1.82) is 0 Å². The Morgan fingerprint density at radius 2 is 1.76 bits per heavy atom. The smallest absolute Gasteiger partial charge is 0.246 e. The fourth-order valence-corrected chi connectivity index (χ4v) is 7.05. The van der Waals surface area contributed by atoms with E-state index in [1.54, 1.807) is 7.05 Å². The van der Waals surface area contributed by atoms with E-state index < -0.39 is 12.1 Å². The first-order valence-electron chi connectivity index (χ1n) is 15.0. The highest BCUT2D eigenvalue weighted by molar-refractivity contribution is 5.94. The first-order valence-corrected chi connectivity index (χ1v) is 15.0. The van der Waals surface area contributed by atoms with Crippen molar-refractivity contribution in [2.24, 2.45) is 5.92 Å². The lowest BCUT2D eigenvalue weighted by molar-refractivity contribution is -0.149. The molecule has 1 aromatic rings. The molecule has 9 nitrogen and oxygen atoms in total. The zero-order valence-corrected chi connectivity index (χ0v) is 25.9. The fourth-order valence-electron chi connectivity index (χ4n) is 7.05. The Labute approximate surface area is 256 Å². The van der Waals surface area contributed by atoms with Gasteiger partial charge in [0, 0.05) is 31.1 Å². The lowest BCUT2D eigenvalue weighted by Gasteiger charge is -2.45. The summed E-state index contributed by atoms with van der Waals surface area (Å²) >= 11 is 0. The van der Waals surface area contributed by atoms with Gasteiger partial charge in [-0.25, -0.2) is 0 Å². The van der Waals surface area contributed by atoms with Gasteiger partial charge in [-0.05, 0) is 57.7 Å². The van der Waals surface area contributed by atoms with E-state index in [2.05, 4.69) is 20.9 Å². The van der Waals surface area contributed by atoms with Crippen LogP contribution in [0.25, 0.3) is 0 Å². The Kier molecular flexibility index (Phi) is 12.6. The van der Waals surface area contributed by atoms with Gasteiger partial charge in [-0.2, -0.15) is 0 Å². The normalized spacial score (nSPS) is 25.7. The predicted octanol–water partition coefficient (Wildman–Crippen LogP) is 3.21. The van der Waals surface area contributed by atoms with E-state index in [1.165, 1.54) is 0 Å². The summed E-state index contributed by atoms with van der Waals surface area (Å²) in [6.45, 7) is 4.53. The molecule has 1 unspecified atom stereocenters. The van der Waals surface area contributed by atoms with Crippen LogP contribution in [0, 0.1) is 5.92 Å². The number of carbonyl (C=O) groups excluding carboxylic acids is 3. The molecule has 5 rings (SSSR count). The molecule has 0 radical (unpaired) electrons. The quantitative estimate of drug-likeness (QED) is 0.417. The Balaban J connectivity index is 0.00000231. The van der Waals surface area contributed by atoms with Crippen LogP contribution in [0.2, 0.25) is 0 Å². The van der Waals surface area contributed by atoms with Crippen molar-refractivity contribution in [2.45, 2.75) is 94.9 Å². The second-order valence-corrected chi connectivity index (χ2v) is 11.7. The molecule has 11 heteroatoms. The standard InChI is InChI=1S/C30H45N5O4.2ClH/c1-3-23(31-2)28(36)33-27(20-10-5-4-6-11-20)30(38)35-18-21-12-9-16-34(21)19-25(35)29(37)32-24-15-17-39-26-14-8-7-13-22(24)26;;/h7-8,13-14,20-21,23-25,27,31H,3-6,9-12,15-19H2,1-2H3,(H,32,37)(H,33,36);2*1H/t21-,23+,24-,25?,27+;;/m1../s1. The van der Waals surface area contributed by atoms with Gasteiger partial charge in [-0.3, -0.25) is 19.3 Å². The van der Waals surface area contributed by atoms with E-state index in [0.717, 1.165) is 62.8 Å². The second-order valence-electron chi connectivity index (χ2n) is 11.7. The summed E-state index contributed by atoms with van der Waals surface area (Å²) < 4.78 is 5.80. The Morgan fingerprint density at radius 3 is 2.49 bits per heavy atom. The first-order chi connectivity index (χ1) is 19.0. The Morgan fingerprint density at radius 1 is 1.00 bits per heavy atom. The van der Waals surface area contributed by atoms with Crippen LogP contribution in [0.3, 0.4) is 0 Å². The summed E-state index contributed by atoms with van der Waals surface area (Å²) in [5, 5.41) is 9.48. The molecule has 230 valence electrons. The van der Waals surface area contributed by atoms with Crippen molar-refractivity contribution in [1.82, 2.24) is 25.8 Å². The highest BCUT2D eigenvalue weighted by Gasteiger charge is 2.45. The van der Waals surface area contributed by atoms with Gasteiger partial charge in [0.05, 0.1) is 18.7 Å². The molecular formula is C30H47Cl2N5O4. The van der Waals surface area contributed by atoms with Gasteiger partial charge >= 0.3 is 0 Å². The van der Waals surface area contributed by atoms with E-state index >= 15 is 0 Å². The largest absolute Gasteiger partial charge is 0.493 e. The van der Waals surface area contributed by atoms with Gasteiger partial charge in [0.2, 0.25) is 17.7 Å². The number of fused-ring (bicyclic) bond motifs is 2. The molecule has 3 heterocycles. The Bertz CT molecular complexity index is 1040. The number of rotatable bonds is 8. The molecular weight excluding hydrogens is 565 g/mol. The number of hydrogen-bond donors (Lipinski definition) is 3. The van der Waals surface area contributed by atoms with E-state index in [-0.39, 0.29) is 66.6 Å². The molecule has 2 saturated heterocycles. The summed E-state index contributed by atoms with van der Waals surface area (Å²) in [4.78, 5) is 45.7. The highest BCUT2D eigenvalue weighted by atomic mass is 35.5. The summed E-state index contributed by atoms with van der Waals surface area (Å²) in [6, 6.07) is 6.42.